The van der Waals surface area contributed by atoms with Gasteiger partial charge >= 0.3 is 0 Å². The second-order valence-corrected chi connectivity index (χ2v) is 11.4. The lowest BCUT2D eigenvalue weighted by molar-refractivity contribution is -0.173. The minimum atomic E-state index is -2.00. The van der Waals surface area contributed by atoms with Gasteiger partial charge in [0.05, 0.1) is 17.3 Å². The number of amides is 4. The number of halogens is 3. The van der Waals surface area contributed by atoms with Crippen LogP contribution in [0, 0.1) is 17.8 Å². The number of alkyl halides is 3. The molecule has 2 N–H and O–H groups in total. The van der Waals surface area contributed by atoms with Gasteiger partial charge in [0.2, 0.25) is 0 Å². The summed E-state index contributed by atoms with van der Waals surface area (Å²) in [6.45, 7) is 0. The van der Waals surface area contributed by atoms with Crippen LogP contribution in [-0.2, 0) is 19.2 Å². The fraction of sp³-hybridized carbons (Fsp3) is 0.360. The predicted molar refractivity (Wildman–Crippen MR) is 133 cm³/mol. The number of hydrogen-bond acceptors (Lipinski definition) is 6. The molecular weight excluding hydrogens is 575 g/mol. The summed E-state index contributed by atoms with van der Waals surface area (Å²) in [6, 6.07) is 10.6. The molecule has 0 unspecified atom stereocenters. The van der Waals surface area contributed by atoms with Crippen molar-refractivity contribution >= 4 is 73.5 Å². The number of allylic oxidation sites excluding steroid dienone is 2. The van der Waals surface area contributed by atoms with E-state index in [4.69, 9.17) is 23.2 Å². The molecule has 6 rings (SSSR count). The van der Waals surface area contributed by atoms with Crippen molar-refractivity contribution in [3.8, 4) is 5.75 Å². The van der Waals surface area contributed by atoms with Crippen LogP contribution >= 0.6 is 39.1 Å². The van der Waals surface area contributed by atoms with Crippen molar-refractivity contribution in [1.29, 1.82) is 0 Å². The first-order chi connectivity index (χ1) is 17.1. The Morgan fingerprint density at radius 2 is 1.72 bits per heavy atom. The minimum absolute atomic E-state index is 0.115. The molecule has 2 aromatic rings. The van der Waals surface area contributed by atoms with Gasteiger partial charge in [0.15, 0.2) is 9.75 Å². The maximum absolute atomic E-state index is 13.7. The highest BCUT2D eigenvalue weighted by molar-refractivity contribution is 9.09. The summed E-state index contributed by atoms with van der Waals surface area (Å²) in [7, 11) is 0. The summed E-state index contributed by atoms with van der Waals surface area (Å²) in [6.07, 6.45) is 1.69. The van der Waals surface area contributed by atoms with Crippen molar-refractivity contribution in [3.05, 3.63) is 53.6 Å². The monoisotopic (exact) mass is 592 g/mol. The molecule has 8 nitrogen and oxygen atoms in total. The van der Waals surface area contributed by atoms with Gasteiger partial charge in [-0.1, -0.05) is 64.0 Å². The summed E-state index contributed by atoms with van der Waals surface area (Å²) in [4.78, 5) is 49.7. The van der Waals surface area contributed by atoms with E-state index in [0.29, 0.717) is 16.5 Å². The molecule has 2 aromatic carbocycles. The third-order valence-electron chi connectivity index (χ3n) is 8.23. The SMILES string of the molecule is O=C1[C@H]2[C@H](CC=C3[C@H]2C[C@@]2(Cl)C(=O)N(CBr)C(=O)[C@@]2(Cl)[C@H]3c2ccc3ccccc3c2O)C(=O)N1O. The maximum Gasteiger partial charge on any atom is 0.257 e. The summed E-state index contributed by atoms with van der Waals surface area (Å²) < 4.78 is 0. The van der Waals surface area contributed by atoms with Gasteiger partial charge in [-0.2, -0.15) is 5.06 Å². The number of imide groups is 2. The molecule has 0 bridgehead atoms. The van der Waals surface area contributed by atoms with Gasteiger partial charge in [-0.3, -0.25) is 29.3 Å². The zero-order valence-electron chi connectivity index (χ0n) is 18.5. The lowest BCUT2D eigenvalue weighted by Crippen LogP contribution is -2.60. The molecule has 2 aliphatic carbocycles. The largest absolute Gasteiger partial charge is 0.507 e. The average molecular weight is 594 g/mol. The Hall–Kier alpha value is -2.46. The van der Waals surface area contributed by atoms with Crippen LogP contribution in [0.15, 0.2) is 48.0 Å². The van der Waals surface area contributed by atoms with E-state index in [1.807, 2.05) is 12.1 Å². The van der Waals surface area contributed by atoms with Crippen LogP contribution in [-0.4, -0.2) is 59.1 Å². The van der Waals surface area contributed by atoms with E-state index >= 15 is 0 Å². The van der Waals surface area contributed by atoms with Gasteiger partial charge < -0.3 is 5.11 Å². The van der Waals surface area contributed by atoms with E-state index in [2.05, 4.69) is 15.9 Å². The third kappa shape index (κ3) is 2.69. The van der Waals surface area contributed by atoms with Crippen molar-refractivity contribution in [2.45, 2.75) is 28.5 Å². The molecule has 6 atom stereocenters. The molecule has 2 heterocycles. The smallest absolute Gasteiger partial charge is 0.257 e. The van der Waals surface area contributed by atoms with Gasteiger partial charge in [0, 0.05) is 16.9 Å². The number of phenols is 1. The number of rotatable bonds is 2. The number of hydrogen-bond donors (Lipinski definition) is 2. The molecule has 0 spiro atoms. The van der Waals surface area contributed by atoms with E-state index < -0.39 is 57.0 Å². The molecule has 0 radical (unpaired) electrons. The van der Waals surface area contributed by atoms with Crippen LogP contribution < -0.4 is 0 Å². The summed E-state index contributed by atoms with van der Waals surface area (Å²) in [5.74, 6) is -6.65. The van der Waals surface area contributed by atoms with Crippen LogP contribution in [0.4, 0.5) is 0 Å². The maximum atomic E-state index is 13.7. The standard InChI is InChI=1S/C25H19BrCl2N2O6/c26-10-29-22(34)24(27)9-16-13(7-8-14-17(16)21(33)30(36)20(14)32)18(25(24,28)23(29)35)15-6-5-11-3-1-2-4-12(11)19(15)31/h1-7,14,16-18,31,36H,8-10H2/t14-,16+,17-,18+,24+,25-/m0/s1. The Bertz CT molecular complexity index is 1430. The Kier molecular flexibility index (Phi) is 5.16. The van der Waals surface area contributed by atoms with E-state index in [1.54, 1.807) is 30.3 Å². The Labute approximate surface area is 223 Å². The van der Waals surface area contributed by atoms with Crippen molar-refractivity contribution in [2.24, 2.45) is 17.8 Å². The predicted octanol–water partition coefficient (Wildman–Crippen LogP) is 3.65. The van der Waals surface area contributed by atoms with Gasteiger partial charge in [-0.15, -0.1) is 23.2 Å². The molecule has 2 aliphatic heterocycles. The molecule has 186 valence electrons. The summed E-state index contributed by atoms with van der Waals surface area (Å²) in [5.41, 5.74) is 0.696. The molecule has 2 saturated heterocycles. The zero-order chi connectivity index (χ0) is 25.7. The fourth-order valence-electron chi connectivity index (χ4n) is 6.59. The van der Waals surface area contributed by atoms with Gasteiger partial charge in [-0.25, -0.2) is 0 Å². The van der Waals surface area contributed by atoms with E-state index in [9.17, 15) is 29.5 Å². The minimum Gasteiger partial charge on any atom is -0.507 e. The summed E-state index contributed by atoms with van der Waals surface area (Å²) in [5, 5.41) is 22.9. The Balaban J connectivity index is 1.63. The summed E-state index contributed by atoms with van der Waals surface area (Å²) >= 11 is 17.4. The first kappa shape index (κ1) is 23.9. The molecular formula is C25H19BrCl2N2O6. The van der Waals surface area contributed by atoms with Crippen molar-refractivity contribution in [2.75, 3.05) is 5.45 Å². The average Bonchev–Trinajstić information content (AvgIpc) is 3.18. The highest BCUT2D eigenvalue weighted by Crippen LogP contribution is 2.66. The van der Waals surface area contributed by atoms with Crippen molar-refractivity contribution in [3.63, 3.8) is 0 Å². The van der Waals surface area contributed by atoms with Crippen LogP contribution in [0.5, 0.6) is 5.75 Å². The second-order valence-electron chi connectivity index (χ2n) is 9.70. The molecule has 0 aromatic heterocycles. The van der Waals surface area contributed by atoms with E-state index in [0.717, 1.165) is 10.3 Å². The van der Waals surface area contributed by atoms with Crippen LogP contribution in [0.2, 0.25) is 0 Å². The quantitative estimate of drug-likeness (QED) is 0.181. The lowest BCUT2D eigenvalue weighted by atomic mass is 9.56. The number of aromatic hydroxyl groups is 1. The first-order valence-corrected chi connectivity index (χ1v) is 13.2. The topological polar surface area (TPSA) is 115 Å². The number of fused-ring (bicyclic) bond motifs is 5. The highest BCUT2D eigenvalue weighted by Gasteiger charge is 2.76. The number of carbonyl (C=O) groups is 4. The molecule has 3 fully saturated rings. The van der Waals surface area contributed by atoms with Gasteiger partial charge in [0.1, 0.15) is 5.75 Å². The number of benzene rings is 2. The normalized spacial score (nSPS) is 35.7. The number of nitrogens with zero attached hydrogens (tertiary/aromatic N) is 2. The number of hydroxylamine groups is 2. The van der Waals surface area contributed by atoms with E-state index in [1.165, 1.54) is 0 Å². The van der Waals surface area contributed by atoms with Gasteiger partial charge in [0.25, 0.3) is 23.6 Å². The van der Waals surface area contributed by atoms with Crippen LogP contribution in [0.25, 0.3) is 10.8 Å². The zero-order valence-corrected chi connectivity index (χ0v) is 21.6. The number of carbonyl (C=O) groups excluding carboxylic acids is 4. The fourth-order valence-corrected chi connectivity index (χ4v) is 8.00. The highest BCUT2D eigenvalue weighted by atomic mass is 79.9. The lowest BCUT2D eigenvalue weighted by Gasteiger charge is -2.50. The molecule has 11 heteroatoms. The number of likely N-dealkylation sites (tertiary alicyclic amines) is 1. The van der Waals surface area contributed by atoms with Crippen LogP contribution in [0.3, 0.4) is 0 Å². The van der Waals surface area contributed by atoms with Crippen LogP contribution in [0.1, 0.15) is 24.3 Å². The number of phenolic OH excluding ortho intramolecular Hbond substituents is 1. The molecule has 4 aliphatic rings. The third-order valence-corrected chi connectivity index (χ3v) is 10.1. The molecule has 4 amide bonds. The van der Waals surface area contributed by atoms with Gasteiger partial charge in [-0.05, 0) is 24.1 Å². The first-order valence-electron chi connectivity index (χ1n) is 11.3. The van der Waals surface area contributed by atoms with Crippen molar-refractivity contribution in [1.82, 2.24) is 9.96 Å². The molecule has 36 heavy (non-hydrogen) atoms. The molecule has 1 saturated carbocycles. The Morgan fingerprint density at radius 1 is 1.00 bits per heavy atom. The Morgan fingerprint density at radius 3 is 2.44 bits per heavy atom. The van der Waals surface area contributed by atoms with Crippen molar-refractivity contribution < 1.29 is 29.5 Å². The second kappa shape index (κ2) is 7.77. The van der Waals surface area contributed by atoms with E-state index in [-0.39, 0.29) is 29.1 Å².